The number of hydrogen-bond donors (Lipinski definition) is 1. The summed E-state index contributed by atoms with van der Waals surface area (Å²) >= 11 is 1.50. The average molecular weight is 313 g/mol. The second-order valence-electron chi connectivity index (χ2n) is 4.81. The van der Waals surface area contributed by atoms with Gasteiger partial charge in [-0.05, 0) is 39.0 Å². The molecule has 2 aromatic heterocycles. The first kappa shape index (κ1) is 14.4. The lowest BCUT2D eigenvalue weighted by Crippen LogP contribution is -1.96. The van der Waals surface area contributed by atoms with E-state index in [0.717, 1.165) is 27.2 Å². The standard InChI is InChI=1S/C15H15N5OS/c1-9-7-10(2)17-14(16-9)21-13-6-4-5-12(8-13)18-15-20-19-11(3)22-15/h4-8H,1-3H3,(H,18,20). The number of nitrogens with zero attached hydrogens (tertiary/aromatic N) is 4. The summed E-state index contributed by atoms with van der Waals surface area (Å²) in [5.41, 5.74) is 2.63. The number of aryl methyl sites for hydroxylation is 3. The number of nitrogens with one attached hydrogen (secondary N) is 1. The van der Waals surface area contributed by atoms with Gasteiger partial charge in [-0.3, -0.25) is 0 Å². The van der Waals surface area contributed by atoms with Crippen molar-refractivity contribution in [2.24, 2.45) is 0 Å². The maximum Gasteiger partial charge on any atom is 0.322 e. The lowest BCUT2D eigenvalue weighted by atomic mass is 10.3. The van der Waals surface area contributed by atoms with E-state index in [4.69, 9.17) is 4.74 Å². The van der Waals surface area contributed by atoms with E-state index in [0.29, 0.717) is 11.8 Å². The van der Waals surface area contributed by atoms with Gasteiger partial charge in [-0.25, -0.2) is 9.97 Å². The molecule has 0 spiro atoms. The number of hydrogen-bond acceptors (Lipinski definition) is 7. The van der Waals surface area contributed by atoms with Crippen molar-refractivity contribution in [1.29, 1.82) is 0 Å². The Hall–Kier alpha value is -2.54. The predicted octanol–water partition coefficient (Wildman–Crippen LogP) is 3.79. The molecule has 0 amide bonds. The molecule has 0 radical (unpaired) electrons. The molecule has 6 nitrogen and oxygen atoms in total. The first-order valence-corrected chi connectivity index (χ1v) is 7.57. The number of rotatable bonds is 4. The average Bonchev–Trinajstić information content (AvgIpc) is 2.83. The zero-order valence-electron chi connectivity index (χ0n) is 12.5. The van der Waals surface area contributed by atoms with Gasteiger partial charge in [0, 0.05) is 23.1 Å². The highest BCUT2D eigenvalue weighted by Crippen LogP contribution is 2.25. The third kappa shape index (κ3) is 3.56. The molecule has 3 rings (SSSR count). The van der Waals surface area contributed by atoms with Gasteiger partial charge in [0.05, 0.1) is 0 Å². The predicted molar refractivity (Wildman–Crippen MR) is 86.0 cm³/mol. The second-order valence-corrected chi connectivity index (χ2v) is 6.00. The fraction of sp³-hybridized carbons (Fsp3) is 0.200. The van der Waals surface area contributed by atoms with Crippen molar-refractivity contribution in [1.82, 2.24) is 20.2 Å². The minimum atomic E-state index is 0.349. The maximum absolute atomic E-state index is 5.73. The fourth-order valence-corrected chi connectivity index (χ4v) is 2.56. The number of anilines is 2. The van der Waals surface area contributed by atoms with Crippen molar-refractivity contribution in [2.45, 2.75) is 20.8 Å². The van der Waals surface area contributed by atoms with Crippen LogP contribution in [0.15, 0.2) is 30.3 Å². The summed E-state index contributed by atoms with van der Waals surface area (Å²) in [6, 6.07) is 9.82. The van der Waals surface area contributed by atoms with Gasteiger partial charge in [0.2, 0.25) is 5.13 Å². The van der Waals surface area contributed by atoms with E-state index in [2.05, 4.69) is 25.5 Å². The maximum atomic E-state index is 5.73. The molecule has 0 atom stereocenters. The first-order chi connectivity index (χ1) is 10.6. The van der Waals surface area contributed by atoms with Gasteiger partial charge in [-0.15, -0.1) is 10.2 Å². The monoisotopic (exact) mass is 313 g/mol. The van der Waals surface area contributed by atoms with E-state index in [1.807, 2.05) is 51.1 Å². The van der Waals surface area contributed by atoms with E-state index >= 15 is 0 Å². The zero-order chi connectivity index (χ0) is 15.5. The molecule has 0 aliphatic rings. The second kappa shape index (κ2) is 6.07. The van der Waals surface area contributed by atoms with E-state index in [1.54, 1.807) is 0 Å². The lowest BCUT2D eigenvalue weighted by molar-refractivity contribution is 0.439. The molecule has 1 aromatic carbocycles. The molecule has 3 aromatic rings. The topological polar surface area (TPSA) is 72.8 Å². The van der Waals surface area contributed by atoms with Crippen LogP contribution in [0.2, 0.25) is 0 Å². The SMILES string of the molecule is Cc1cc(C)nc(Oc2cccc(Nc3nnc(C)s3)c2)n1. The summed E-state index contributed by atoms with van der Waals surface area (Å²) in [6.07, 6.45) is 0. The fourth-order valence-electron chi connectivity index (χ4n) is 1.95. The largest absolute Gasteiger partial charge is 0.424 e. The minimum Gasteiger partial charge on any atom is -0.424 e. The first-order valence-electron chi connectivity index (χ1n) is 6.76. The molecule has 1 N–H and O–H groups in total. The molecule has 0 aliphatic heterocycles. The highest BCUT2D eigenvalue weighted by atomic mass is 32.1. The van der Waals surface area contributed by atoms with Gasteiger partial charge < -0.3 is 10.1 Å². The molecule has 0 saturated carbocycles. The van der Waals surface area contributed by atoms with Gasteiger partial charge in [0.25, 0.3) is 0 Å². The van der Waals surface area contributed by atoms with Gasteiger partial charge in [-0.2, -0.15) is 0 Å². The quantitative estimate of drug-likeness (QED) is 0.790. The Kier molecular flexibility index (Phi) is 3.97. The van der Waals surface area contributed by atoms with E-state index in [1.165, 1.54) is 11.3 Å². The summed E-state index contributed by atoms with van der Waals surface area (Å²) < 4.78 is 5.73. The van der Waals surface area contributed by atoms with Crippen LogP contribution in [0.25, 0.3) is 0 Å². The number of ether oxygens (including phenoxy) is 1. The molecular formula is C15H15N5OS. The van der Waals surface area contributed by atoms with Gasteiger partial charge in [-0.1, -0.05) is 17.4 Å². The summed E-state index contributed by atoms with van der Waals surface area (Å²) in [5.74, 6) is 0.663. The van der Waals surface area contributed by atoms with Crippen molar-refractivity contribution in [3.05, 3.63) is 46.7 Å². The Morgan fingerprint density at radius 3 is 2.45 bits per heavy atom. The Labute approximate surface area is 132 Å². The van der Waals surface area contributed by atoms with Crippen LogP contribution in [0.1, 0.15) is 16.4 Å². The van der Waals surface area contributed by atoms with Crippen LogP contribution in [0.4, 0.5) is 10.8 Å². The van der Waals surface area contributed by atoms with Gasteiger partial charge in [0.15, 0.2) is 0 Å². The van der Waals surface area contributed by atoms with Crippen molar-refractivity contribution in [3.63, 3.8) is 0 Å². The molecule has 2 heterocycles. The minimum absolute atomic E-state index is 0.349. The number of benzene rings is 1. The Balaban J connectivity index is 1.78. The van der Waals surface area contributed by atoms with Crippen molar-refractivity contribution in [2.75, 3.05) is 5.32 Å². The molecule has 112 valence electrons. The number of aromatic nitrogens is 4. The molecule has 0 aliphatic carbocycles. The van der Waals surface area contributed by atoms with E-state index < -0.39 is 0 Å². The molecule has 0 fully saturated rings. The summed E-state index contributed by atoms with van der Waals surface area (Å²) in [7, 11) is 0. The van der Waals surface area contributed by atoms with E-state index in [9.17, 15) is 0 Å². The molecule has 7 heteroatoms. The van der Waals surface area contributed by atoms with Gasteiger partial charge in [0.1, 0.15) is 10.8 Å². The van der Waals surface area contributed by atoms with Crippen molar-refractivity contribution < 1.29 is 4.74 Å². The lowest BCUT2D eigenvalue weighted by Gasteiger charge is -2.07. The van der Waals surface area contributed by atoms with E-state index in [-0.39, 0.29) is 0 Å². The van der Waals surface area contributed by atoms with Crippen LogP contribution >= 0.6 is 11.3 Å². The van der Waals surface area contributed by atoms with Crippen LogP contribution < -0.4 is 10.1 Å². The zero-order valence-corrected chi connectivity index (χ0v) is 13.3. The molecule has 0 unspecified atom stereocenters. The Morgan fingerprint density at radius 1 is 1.00 bits per heavy atom. The Morgan fingerprint density at radius 2 is 1.77 bits per heavy atom. The molecular weight excluding hydrogens is 298 g/mol. The third-order valence-corrected chi connectivity index (χ3v) is 3.54. The summed E-state index contributed by atoms with van der Waals surface area (Å²) in [4.78, 5) is 8.54. The van der Waals surface area contributed by atoms with Crippen LogP contribution in [0.5, 0.6) is 11.8 Å². The highest BCUT2D eigenvalue weighted by molar-refractivity contribution is 7.15. The van der Waals surface area contributed by atoms with Crippen LogP contribution in [0.3, 0.4) is 0 Å². The summed E-state index contributed by atoms with van der Waals surface area (Å²) in [5, 5.41) is 12.9. The Bertz CT molecular complexity index is 782. The van der Waals surface area contributed by atoms with Crippen molar-refractivity contribution in [3.8, 4) is 11.8 Å². The third-order valence-electron chi connectivity index (χ3n) is 2.78. The van der Waals surface area contributed by atoms with Crippen LogP contribution in [-0.2, 0) is 0 Å². The molecule has 22 heavy (non-hydrogen) atoms. The van der Waals surface area contributed by atoms with Crippen LogP contribution in [-0.4, -0.2) is 20.2 Å². The van der Waals surface area contributed by atoms with Gasteiger partial charge >= 0.3 is 6.01 Å². The normalized spacial score (nSPS) is 10.5. The smallest absolute Gasteiger partial charge is 0.322 e. The highest BCUT2D eigenvalue weighted by Gasteiger charge is 2.05. The van der Waals surface area contributed by atoms with Crippen molar-refractivity contribution >= 4 is 22.2 Å². The summed E-state index contributed by atoms with van der Waals surface area (Å²) in [6.45, 7) is 5.74. The molecule has 0 bridgehead atoms. The van der Waals surface area contributed by atoms with Crippen LogP contribution in [0, 0.1) is 20.8 Å². The molecule has 0 saturated heterocycles.